The number of oxazole rings is 2. The van der Waals surface area contributed by atoms with E-state index in [0.29, 0.717) is 41.3 Å². The first-order valence-electron chi connectivity index (χ1n) is 14.8. The minimum Gasteiger partial charge on any atom is -0.417 e. The first-order chi connectivity index (χ1) is 23.4. The van der Waals surface area contributed by atoms with Crippen LogP contribution in [0, 0.1) is 6.92 Å². The molecule has 2 aromatic carbocycles. The molecule has 6 aromatic heterocycles. The standard InChI is InChI=1S/C18H14N4O2.C17H11ClN4O2/c1-11-4-2-3-5-13(11)10-14-20-16(23)15-18(21-14)24-17(22-15)12-6-8-19-9-7-12;18-12-4-2-1-3-11(12)9-13-20-15(23)14-17(21-13)24-16(22-14)10-5-7-19-8-6-10/h2-9H,10H2,1H3,(H,20,21,23);1-8H,9H2,(H,20,21,23). The van der Waals surface area contributed by atoms with Crippen LogP contribution in [0.5, 0.6) is 0 Å². The van der Waals surface area contributed by atoms with Crippen molar-refractivity contribution >= 4 is 34.1 Å². The molecule has 8 aromatic rings. The highest BCUT2D eigenvalue weighted by Gasteiger charge is 2.16. The van der Waals surface area contributed by atoms with Gasteiger partial charge in [-0.2, -0.15) is 9.97 Å². The number of hydrogen-bond acceptors (Lipinski definition) is 10. The highest BCUT2D eigenvalue weighted by molar-refractivity contribution is 6.31. The summed E-state index contributed by atoms with van der Waals surface area (Å²) < 4.78 is 11.3. The molecule has 0 amide bonds. The second kappa shape index (κ2) is 13.2. The van der Waals surface area contributed by atoms with Crippen LogP contribution in [-0.2, 0) is 12.8 Å². The second-order valence-electron chi connectivity index (χ2n) is 10.7. The summed E-state index contributed by atoms with van der Waals surface area (Å²) in [6.45, 7) is 2.03. The number of hydrogen-bond donors (Lipinski definition) is 2. The van der Waals surface area contributed by atoms with E-state index in [1.807, 2.05) is 49.4 Å². The van der Waals surface area contributed by atoms with Gasteiger partial charge in [0.25, 0.3) is 22.5 Å². The molecule has 0 fully saturated rings. The molecule has 0 radical (unpaired) electrons. The number of benzene rings is 2. The van der Waals surface area contributed by atoms with Crippen LogP contribution in [0.3, 0.4) is 0 Å². The quantitative estimate of drug-likeness (QED) is 0.213. The molecule has 0 aliphatic carbocycles. The fraction of sp³-hybridized carbons (Fsp3) is 0.0857. The van der Waals surface area contributed by atoms with E-state index in [9.17, 15) is 9.59 Å². The van der Waals surface area contributed by atoms with Crippen molar-refractivity contribution in [1.29, 1.82) is 0 Å². The molecule has 0 unspecified atom stereocenters. The molecule has 0 saturated heterocycles. The van der Waals surface area contributed by atoms with Crippen LogP contribution in [0.2, 0.25) is 5.02 Å². The third kappa shape index (κ3) is 6.50. The summed E-state index contributed by atoms with van der Waals surface area (Å²) in [6.07, 6.45) is 7.48. The first-order valence-corrected chi connectivity index (χ1v) is 15.2. The zero-order chi connectivity index (χ0) is 33.0. The van der Waals surface area contributed by atoms with Crippen molar-refractivity contribution in [2.75, 3.05) is 0 Å². The van der Waals surface area contributed by atoms with Gasteiger partial charge in [0.05, 0.1) is 0 Å². The van der Waals surface area contributed by atoms with E-state index in [0.717, 1.165) is 27.8 Å². The summed E-state index contributed by atoms with van der Waals surface area (Å²) in [5.41, 5.74) is 4.79. The third-order valence-electron chi connectivity index (χ3n) is 7.43. The Morgan fingerprint density at radius 3 is 1.56 bits per heavy atom. The van der Waals surface area contributed by atoms with Gasteiger partial charge < -0.3 is 18.8 Å². The lowest BCUT2D eigenvalue weighted by Crippen LogP contribution is -2.12. The minimum atomic E-state index is -0.342. The lowest BCUT2D eigenvalue weighted by molar-refractivity contribution is 0.604. The maximum atomic E-state index is 12.3. The van der Waals surface area contributed by atoms with E-state index in [-0.39, 0.29) is 33.6 Å². The smallest absolute Gasteiger partial charge is 0.280 e. The summed E-state index contributed by atoms with van der Waals surface area (Å²) in [4.78, 5) is 55.2. The average molecular weight is 657 g/mol. The topological polar surface area (TPSA) is 169 Å². The number of fused-ring (bicyclic) bond motifs is 2. The van der Waals surface area contributed by atoms with Crippen LogP contribution in [0.1, 0.15) is 28.3 Å². The predicted octanol–water partition coefficient (Wildman–Crippen LogP) is 6.09. The van der Waals surface area contributed by atoms with E-state index in [1.165, 1.54) is 0 Å². The Labute approximate surface area is 276 Å². The molecule has 0 atom stereocenters. The van der Waals surface area contributed by atoms with Gasteiger partial charge in [-0.25, -0.2) is 9.97 Å². The Kier molecular flexibility index (Phi) is 8.37. The predicted molar refractivity (Wildman–Crippen MR) is 180 cm³/mol. The molecule has 236 valence electrons. The van der Waals surface area contributed by atoms with E-state index < -0.39 is 0 Å². The fourth-order valence-corrected chi connectivity index (χ4v) is 5.17. The highest BCUT2D eigenvalue weighted by atomic mass is 35.5. The number of halogens is 1. The SMILES string of the molecule is Cc1ccccc1Cc1nc2oc(-c3ccncc3)nc2c(=O)[nH]1.O=c1[nH]c(Cc2ccccc2Cl)nc2oc(-c3ccncc3)nc12. The number of aryl methyl sites for hydroxylation is 1. The molecule has 0 spiro atoms. The van der Waals surface area contributed by atoms with Gasteiger partial charge in [0.1, 0.15) is 11.6 Å². The van der Waals surface area contributed by atoms with Crippen LogP contribution in [0.25, 0.3) is 45.4 Å². The van der Waals surface area contributed by atoms with Crippen molar-refractivity contribution in [3.8, 4) is 22.9 Å². The number of pyridine rings is 2. The molecule has 0 aliphatic heterocycles. The summed E-state index contributed by atoms with van der Waals surface area (Å²) in [5, 5.41) is 0.621. The molecule has 8 rings (SSSR count). The van der Waals surface area contributed by atoms with Gasteiger partial charge in [-0.15, -0.1) is 0 Å². The lowest BCUT2D eigenvalue weighted by Gasteiger charge is -2.04. The second-order valence-corrected chi connectivity index (χ2v) is 11.1. The minimum absolute atomic E-state index is 0.171. The Bertz CT molecular complexity index is 2320. The van der Waals surface area contributed by atoms with E-state index in [1.54, 1.807) is 55.1 Å². The van der Waals surface area contributed by atoms with Crippen molar-refractivity contribution in [1.82, 2.24) is 39.9 Å². The summed E-state index contributed by atoms with van der Waals surface area (Å²) in [7, 11) is 0. The highest BCUT2D eigenvalue weighted by Crippen LogP contribution is 2.23. The normalized spacial score (nSPS) is 11.0. The average Bonchev–Trinajstić information content (AvgIpc) is 3.74. The van der Waals surface area contributed by atoms with Crippen LogP contribution in [0.4, 0.5) is 0 Å². The molecular formula is C35H25ClN8O4. The number of H-pyrrole nitrogens is 2. The van der Waals surface area contributed by atoms with E-state index in [2.05, 4.69) is 39.9 Å². The van der Waals surface area contributed by atoms with Gasteiger partial charge >= 0.3 is 0 Å². The summed E-state index contributed by atoms with van der Waals surface area (Å²) in [6, 6.07) is 22.5. The Hall–Kier alpha value is -6.27. The van der Waals surface area contributed by atoms with Crippen molar-refractivity contribution in [2.24, 2.45) is 0 Å². The van der Waals surface area contributed by atoms with Gasteiger partial charge in [-0.1, -0.05) is 54.1 Å². The number of aromatic nitrogens is 8. The van der Waals surface area contributed by atoms with Crippen molar-refractivity contribution in [2.45, 2.75) is 19.8 Å². The van der Waals surface area contributed by atoms with E-state index >= 15 is 0 Å². The van der Waals surface area contributed by atoms with Crippen LogP contribution >= 0.6 is 11.6 Å². The van der Waals surface area contributed by atoms with Gasteiger partial charge in [-0.3, -0.25) is 19.6 Å². The Balaban J connectivity index is 0.000000152. The molecule has 6 heterocycles. The summed E-state index contributed by atoms with van der Waals surface area (Å²) >= 11 is 6.15. The number of nitrogens with one attached hydrogen (secondary N) is 2. The number of aromatic amines is 2. The molecule has 0 bridgehead atoms. The molecule has 48 heavy (non-hydrogen) atoms. The molecule has 0 saturated carbocycles. The first kappa shape index (κ1) is 30.4. The Morgan fingerprint density at radius 2 is 1.06 bits per heavy atom. The van der Waals surface area contributed by atoms with Crippen LogP contribution in [0.15, 0.2) is 116 Å². The van der Waals surface area contributed by atoms with Gasteiger partial charge in [0.2, 0.25) is 11.8 Å². The zero-order valence-electron chi connectivity index (χ0n) is 25.3. The molecule has 13 heteroatoms. The lowest BCUT2D eigenvalue weighted by atomic mass is 10.1. The van der Waals surface area contributed by atoms with E-state index in [4.69, 9.17) is 20.4 Å². The largest absolute Gasteiger partial charge is 0.417 e. The maximum absolute atomic E-state index is 12.3. The van der Waals surface area contributed by atoms with Gasteiger partial charge in [-0.05, 0) is 53.9 Å². The number of rotatable bonds is 6. The molecule has 12 nitrogen and oxygen atoms in total. The monoisotopic (exact) mass is 656 g/mol. The van der Waals surface area contributed by atoms with Crippen molar-refractivity contribution in [3.05, 3.63) is 152 Å². The zero-order valence-corrected chi connectivity index (χ0v) is 26.1. The molecule has 2 N–H and O–H groups in total. The molecule has 0 aliphatic rings. The van der Waals surface area contributed by atoms with Gasteiger partial charge in [0, 0.05) is 53.8 Å². The Morgan fingerprint density at radius 1 is 0.604 bits per heavy atom. The molecular weight excluding hydrogens is 632 g/mol. The van der Waals surface area contributed by atoms with Crippen molar-refractivity contribution < 1.29 is 8.83 Å². The number of nitrogens with zero attached hydrogens (tertiary/aromatic N) is 6. The van der Waals surface area contributed by atoms with Gasteiger partial charge in [0.15, 0.2) is 11.0 Å². The van der Waals surface area contributed by atoms with Crippen LogP contribution in [-0.4, -0.2) is 39.9 Å². The fourth-order valence-electron chi connectivity index (χ4n) is 4.97. The summed E-state index contributed by atoms with van der Waals surface area (Å²) in [5.74, 6) is 1.72. The maximum Gasteiger partial charge on any atom is 0.280 e. The van der Waals surface area contributed by atoms with Crippen molar-refractivity contribution in [3.63, 3.8) is 0 Å². The van der Waals surface area contributed by atoms with Crippen LogP contribution < -0.4 is 11.1 Å². The third-order valence-corrected chi connectivity index (χ3v) is 7.80.